The van der Waals surface area contributed by atoms with Gasteiger partial charge in [0.1, 0.15) is 6.29 Å². The molecule has 0 radical (unpaired) electrons. The van der Waals surface area contributed by atoms with E-state index in [4.69, 9.17) is 9.16 Å². The first kappa shape index (κ1) is 21.8. The second-order valence-corrected chi connectivity index (χ2v) is 12.9. The number of hydrogen-bond acceptors (Lipinski definition) is 3. The van der Waals surface area contributed by atoms with Gasteiger partial charge in [-0.15, -0.1) is 0 Å². The molecular formula is C21H34O3Si. The van der Waals surface area contributed by atoms with E-state index in [1.54, 1.807) is 0 Å². The zero-order chi connectivity index (χ0) is 18.9. The van der Waals surface area contributed by atoms with Crippen molar-refractivity contribution in [1.82, 2.24) is 0 Å². The fourth-order valence-electron chi connectivity index (χ4n) is 2.08. The number of hydrogen-bond donors (Lipinski definition) is 0. The molecule has 0 spiro atoms. The maximum absolute atomic E-state index is 11.5. The van der Waals surface area contributed by atoms with Gasteiger partial charge in [-0.1, -0.05) is 62.8 Å². The Morgan fingerprint density at radius 2 is 1.84 bits per heavy atom. The van der Waals surface area contributed by atoms with Gasteiger partial charge in [0.25, 0.3) is 0 Å². The Morgan fingerprint density at radius 3 is 2.40 bits per heavy atom. The predicted octanol–water partition coefficient (Wildman–Crippen LogP) is 5.38. The van der Waals surface area contributed by atoms with Crippen LogP contribution in [0.15, 0.2) is 42.0 Å². The molecule has 0 aliphatic rings. The molecule has 0 saturated heterocycles. The monoisotopic (exact) mass is 362 g/mol. The average Bonchev–Trinajstić information content (AvgIpc) is 2.55. The fourth-order valence-corrected chi connectivity index (χ4v) is 3.11. The van der Waals surface area contributed by atoms with Gasteiger partial charge in [0.15, 0.2) is 8.32 Å². The van der Waals surface area contributed by atoms with E-state index in [1.165, 1.54) is 5.56 Å². The van der Waals surface area contributed by atoms with Crippen LogP contribution < -0.4 is 0 Å². The summed E-state index contributed by atoms with van der Waals surface area (Å²) < 4.78 is 11.9. The first-order valence-corrected chi connectivity index (χ1v) is 12.0. The van der Waals surface area contributed by atoms with E-state index in [1.807, 2.05) is 25.1 Å². The molecule has 0 aromatic heterocycles. The largest absolute Gasteiger partial charge is 0.416 e. The molecule has 1 aromatic carbocycles. The summed E-state index contributed by atoms with van der Waals surface area (Å²) in [4.78, 5) is 11.5. The average molecular weight is 363 g/mol. The van der Waals surface area contributed by atoms with Crippen molar-refractivity contribution in [2.75, 3.05) is 13.2 Å². The summed E-state index contributed by atoms with van der Waals surface area (Å²) in [7, 11) is -1.82. The van der Waals surface area contributed by atoms with Gasteiger partial charge >= 0.3 is 0 Å². The van der Waals surface area contributed by atoms with Crippen molar-refractivity contribution in [2.24, 2.45) is 5.92 Å². The number of carbonyl (C=O) groups is 1. The van der Waals surface area contributed by atoms with Gasteiger partial charge < -0.3 is 14.0 Å². The van der Waals surface area contributed by atoms with Crippen molar-refractivity contribution >= 4 is 14.6 Å². The normalized spacial score (nSPS) is 14.4. The van der Waals surface area contributed by atoms with E-state index >= 15 is 0 Å². The number of ether oxygens (including phenoxy) is 1. The lowest BCUT2D eigenvalue weighted by Gasteiger charge is -2.36. The van der Waals surface area contributed by atoms with Crippen LogP contribution in [-0.4, -0.2) is 27.8 Å². The molecule has 0 amide bonds. The molecule has 0 aliphatic carbocycles. The van der Waals surface area contributed by atoms with Crippen LogP contribution >= 0.6 is 0 Å². The minimum Gasteiger partial charge on any atom is -0.416 e. The molecule has 0 fully saturated rings. The second kappa shape index (κ2) is 10.0. The SMILES string of the molecule is C/C(=C\CCOCc1ccccc1)[C@H](C=O)CO[Si](C)(C)C(C)(C)C. The summed E-state index contributed by atoms with van der Waals surface area (Å²) in [6.45, 7) is 14.8. The van der Waals surface area contributed by atoms with Crippen LogP contribution in [0.3, 0.4) is 0 Å². The number of carbonyl (C=O) groups excluding carboxylic acids is 1. The Morgan fingerprint density at radius 1 is 1.20 bits per heavy atom. The molecule has 0 N–H and O–H groups in total. The Balaban J connectivity index is 2.40. The zero-order valence-electron chi connectivity index (χ0n) is 16.7. The van der Waals surface area contributed by atoms with Crippen LogP contribution in [0.2, 0.25) is 18.1 Å². The highest BCUT2D eigenvalue weighted by Gasteiger charge is 2.37. The third kappa shape index (κ3) is 7.68. The molecule has 4 heteroatoms. The minimum absolute atomic E-state index is 0.156. The highest BCUT2D eigenvalue weighted by molar-refractivity contribution is 6.74. The van der Waals surface area contributed by atoms with Gasteiger partial charge in [0.05, 0.1) is 19.1 Å². The van der Waals surface area contributed by atoms with Crippen molar-refractivity contribution in [3.8, 4) is 0 Å². The topological polar surface area (TPSA) is 35.5 Å². The highest BCUT2D eigenvalue weighted by Crippen LogP contribution is 2.36. The summed E-state index contributed by atoms with van der Waals surface area (Å²) in [5.41, 5.74) is 2.24. The van der Waals surface area contributed by atoms with E-state index < -0.39 is 8.32 Å². The van der Waals surface area contributed by atoms with Crippen molar-refractivity contribution in [3.63, 3.8) is 0 Å². The lowest BCUT2D eigenvalue weighted by molar-refractivity contribution is -0.110. The summed E-state index contributed by atoms with van der Waals surface area (Å²) in [6.07, 6.45) is 3.91. The smallest absolute Gasteiger partial charge is 0.192 e. The van der Waals surface area contributed by atoms with E-state index in [-0.39, 0.29) is 11.0 Å². The van der Waals surface area contributed by atoms with Gasteiger partial charge in [-0.05, 0) is 37.0 Å². The van der Waals surface area contributed by atoms with Gasteiger partial charge in [-0.25, -0.2) is 0 Å². The molecule has 3 nitrogen and oxygen atoms in total. The fraction of sp³-hybridized carbons (Fsp3) is 0.571. The first-order chi connectivity index (χ1) is 11.7. The Bertz CT molecular complexity index is 544. The van der Waals surface area contributed by atoms with Crippen molar-refractivity contribution in [2.45, 2.75) is 58.9 Å². The molecule has 1 rings (SSSR count). The number of aldehydes is 1. The van der Waals surface area contributed by atoms with Crippen LogP contribution in [0.1, 0.15) is 39.7 Å². The Hall–Kier alpha value is -1.23. The van der Waals surface area contributed by atoms with Crippen molar-refractivity contribution in [1.29, 1.82) is 0 Å². The molecule has 0 bridgehead atoms. The van der Waals surface area contributed by atoms with E-state index in [0.29, 0.717) is 19.8 Å². The van der Waals surface area contributed by atoms with Crippen molar-refractivity contribution in [3.05, 3.63) is 47.5 Å². The molecule has 0 aliphatic heterocycles. The summed E-state index contributed by atoms with van der Waals surface area (Å²) >= 11 is 0. The van der Waals surface area contributed by atoms with Crippen molar-refractivity contribution < 1.29 is 14.0 Å². The van der Waals surface area contributed by atoms with Crippen LogP contribution in [0.4, 0.5) is 0 Å². The summed E-state index contributed by atoms with van der Waals surface area (Å²) in [5.74, 6) is -0.164. The molecule has 25 heavy (non-hydrogen) atoms. The molecule has 0 saturated carbocycles. The molecule has 0 heterocycles. The third-order valence-corrected chi connectivity index (χ3v) is 9.52. The highest BCUT2D eigenvalue weighted by atomic mass is 28.4. The number of benzene rings is 1. The maximum atomic E-state index is 11.5. The maximum Gasteiger partial charge on any atom is 0.192 e. The van der Waals surface area contributed by atoms with Crippen LogP contribution in [-0.2, 0) is 20.6 Å². The Kier molecular flexibility index (Phi) is 8.76. The third-order valence-electron chi connectivity index (χ3n) is 5.02. The van der Waals surface area contributed by atoms with E-state index in [2.05, 4.69) is 52.1 Å². The second-order valence-electron chi connectivity index (χ2n) is 8.09. The summed E-state index contributed by atoms with van der Waals surface area (Å²) in [6, 6.07) is 10.1. The zero-order valence-corrected chi connectivity index (χ0v) is 17.7. The molecule has 1 aromatic rings. The lowest BCUT2D eigenvalue weighted by atomic mass is 10.0. The first-order valence-electron chi connectivity index (χ1n) is 9.05. The van der Waals surface area contributed by atoms with Crippen LogP contribution in [0.5, 0.6) is 0 Å². The Labute approximate surface area is 154 Å². The molecular weight excluding hydrogens is 328 g/mol. The molecule has 0 unspecified atom stereocenters. The standard InChI is InChI=1S/C21H34O3Si/c1-18(11-10-14-23-16-19-12-8-7-9-13-19)20(15-22)17-24-25(5,6)21(2,3)4/h7-9,11-13,15,20H,10,14,16-17H2,1-6H3/b18-11+/t20-/m1/s1. The number of rotatable bonds is 10. The molecule has 1 atom stereocenters. The van der Waals surface area contributed by atoms with Gasteiger partial charge in [-0.2, -0.15) is 0 Å². The summed E-state index contributed by atoms with van der Waals surface area (Å²) in [5, 5.41) is 0.156. The van der Waals surface area contributed by atoms with E-state index in [9.17, 15) is 4.79 Å². The minimum atomic E-state index is -1.82. The predicted molar refractivity (Wildman–Crippen MR) is 107 cm³/mol. The van der Waals surface area contributed by atoms with Gasteiger partial charge in [0, 0.05) is 6.61 Å². The van der Waals surface area contributed by atoms with E-state index in [0.717, 1.165) is 18.3 Å². The van der Waals surface area contributed by atoms with Crippen LogP contribution in [0, 0.1) is 5.92 Å². The van der Waals surface area contributed by atoms with Gasteiger partial charge in [0.2, 0.25) is 0 Å². The quantitative estimate of drug-likeness (QED) is 0.243. The lowest BCUT2D eigenvalue weighted by Crippen LogP contribution is -2.42. The van der Waals surface area contributed by atoms with Gasteiger partial charge in [-0.3, -0.25) is 0 Å². The molecule has 140 valence electrons. The van der Waals surface area contributed by atoms with Crippen LogP contribution in [0.25, 0.3) is 0 Å².